The summed E-state index contributed by atoms with van der Waals surface area (Å²) in [5.41, 5.74) is 0. The van der Waals surface area contributed by atoms with Crippen molar-refractivity contribution >= 4 is 5.91 Å². The smallest absolute Gasteiger partial charge is 0.223 e. The first-order valence-electron chi connectivity index (χ1n) is 5.64. The van der Waals surface area contributed by atoms with Gasteiger partial charge < -0.3 is 10.2 Å². The van der Waals surface area contributed by atoms with Crippen molar-refractivity contribution in [3.8, 4) is 0 Å². The van der Waals surface area contributed by atoms with Crippen LogP contribution in [0.15, 0.2) is 0 Å². The highest BCUT2D eigenvalue weighted by molar-refractivity contribution is 5.79. The van der Waals surface area contributed by atoms with E-state index in [1.54, 1.807) is 0 Å². The van der Waals surface area contributed by atoms with Crippen molar-refractivity contribution in [3.05, 3.63) is 0 Å². The van der Waals surface area contributed by atoms with Crippen molar-refractivity contribution in [2.24, 2.45) is 5.92 Å². The Balaban J connectivity index is 2.47. The van der Waals surface area contributed by atoms with Crippen LogP contribution in [0, 0.1) is 5.92 Å². The molecule has 0 bridgehead atoms. The van der Waals surface area contributed by atoms with Crippen LogP contribution in [0.3, 0.4) is 0 Å². The van der Waals surface area contributed by atoms with Gasteiger partial charge in [0.05, 0.1) is 0 Å². The van der Waals surface area contributed by atoms with Gasteiger partial charge in [-0.05, 0) is 20.4 Å². The molecule has 1 N–H and O–H groups in total. The first-order chi connectivity index (χ1) is 6.70. The normalized spacial score (nSPS) is 27.4. The summed E-state index contributed by atoms with van der Waals surface area (Å²) in [6.07, 6.45) is 3.02. The molecule has 0 spiro atoms. The van der Waals surface area contributed by atoms with Crippen molar-refractivity contribution in [1.29, 1.82) is 0 Å². The summed E-state index contributed by atoms with van der Waals surface area (Å²) in [4.78, 5) is 13.7. The van der Waals surface area contributed by atoms with Crippen molar-refractivity contribution in [2.75, 3.05) is 20.1 Å². The summed E-state index contributed by atoms with van der Waals surface area (Å²) < 4.78 is 0. The maximum absolute atomic E-state index is 11.7. The molecule has 0 aromatic carbocycles. The number of hydrogen-bond donors (Lipinski definition) is 1. The van der Waals surface area contributed by atoms with Crippen molar-refractivity contribution in [2.45, 2.75) is 39.2 Å². The van der Waals surface area contributed by atoms with E-state index >= 15 is 0 Å². The van der Waals surface area contributed by atoms with Crippen LogP contribution in [0.4, 0.5) is 0 Å². The van der Waals surface area contributed by atoms with Gasteiger partial charge in [0.2, 0.25) is 5.91 Å². The van der Waals surface area contributed by atoms with Crippen molar-refractivity contribution in [3.63, 3.8) is 0 Å². The zero-order valence-corrected chi connectivity index (χ0v) is 9.55. The Hall–Kier alpha value is -0.570. The summed E-state index contributed by atoms with van der Waals surface area (Å²) in [5, 5.41) is 3.16. The molecule has 14 heavy (non-hydrogen) atoms. The molecular weight excluding hydrogens is 176 g/mol. The number of hydrogen-bond acceptors (Lipinski definition) is 2. The fourth-order valence-corrected chi connectivity index (χ4v) is 2.16. The topological polar surface area (TPSA) is 32.3 Å². The molecule has 82 valence electrons. The van der Waals surface area contributed by atoms with Gasteiger partial charge in [0.1, 0.15) is 0 Å². The van der Waals surface area contributed by atoms with E-state index in [4.69, 9.17) is 0 Å². The molecule has 3 nitrogen and oxygen atoms in total. The standard InChI is InChI=1S/C11H22N2O/c1-4-5-6-13-9(2)10(8-12-3)7-11(13)14/h9-10,12H,4-8H2,1-3H3. The van der Waals surface area contributed by atoms with Crippen LogP contribution in [0.1, 0.15) is 33.1 Å². The van der Waals surface area contributed by atoms with Gasteiger partial charge in [-0.15, -0.1) is 0 Å². The third-order valence-electron chi connectivity index (χ3n) is 3.15. The first-order valence-corrected chi connectivity index (χ1v) is 5.64. The van der Waals surface area contributed by atoms with Crippen LogP contribution in [0.25, 0.3) is 0 Å². The van der Waals surface area contributed by atoms with Gasteiger partial charge in [0, 0.05) is 31.5 Å². The maximum Gasteiger partial charge on any atom is 0.223 e. The molecule has 1 aliphatic heterocycles. The molecule has 1 fully saturated rings. The highest BCUT2D eigenvalue weighted by Crippen LogP contribution is 2.24. The molecule has 0 aliphatic carbocycles. The van der Waals surface area contributed by atoms with E-state index in [0.717, 1.165) is 32.4 Å². The molecular formula is C11H22N2O. The van der Waals surface area contributed by atoms with E-state index in [1.807, 2.05) is 11.9 Å². The summed E-state index contributed by atoms with van der Waals surface area (Å²) in [6, 6.07) is 0.418. The Kier molecular flexibility index (Phi) is 4.39. The minimum absolute atomic E-state index is 0.339. The first kappa shape index (κ1) is 11.5. The zero-order chi connectivity index (χ0) is 10.6. The second-order valence-electron chi connectivity index (χ2n) is 4.20. The van der Waals surface area contributed by atoms with Crippen LogP contribution in [-0.2, 0) is 4.79 Å². The highest BCUT2D eigenvalue weighted by Gasteiger charge is 2.35. The van der Waals surface area contributed by atoms with E-state index in [1.165, 1.54) is 0 Å². The molecule has 1 amide bonds. The summed E-state index contributed by atoms with van der Waals surface area (Å²) in [6.45, 7) is 6.23. The molecule has 2 atom stereocenters. The number of amides is 1. The summed E-state index contributed by atoms with van der Waals surface area (Å²) in [7, 11) is 1.95. The second kappa shape index (κ2) is 5.35. The highest BCUT2D eigenvalue weighted by atomic mass is 16.2. The number of unbranched alkanes of at least 4 members (excludes halogenated alkanes) is 1. The minimum atomic E-state index is 0.339. The molecule has 1 saturated heterocycles. The lowest BCUT2D eigenvalue weighted by Crippen LogP contribution is -2.35. The Morgan fingerprint density at radius 2 is 2.29 bits per heavy atom. The lowest BCUT2D eigenvalue weighted by Gasteiger charge is -2.24. The fourth-order valence-electron chi connectivity index (χ4n) is 2.16. The Morgan fingerprint density at radius 1 is 1.57 bits per heavy atom. The molecule has 1 rings (SSSR count). The van der Waals surface area contributed by atoms with Gasteiger partial charge in [0.25, 0.3) is 0 Å². The lowest BCUT2D eigenvalue weighted by molar-refractivity contribution is -0.128. The largest absolute Gasteiger partial charge is 0.340 e. The number of likely N-dealkylation sites (tertiary alicyclic amines) is 1. The Bertz CT molecular complexity index is 194. The van der Waals surface area contributed by atoms with Crippen LogP contribution in [-0.4, -0.2) is 37.0 Å². The zero-order valence-electron chi connectivity index (χ0n) is 9.55. The average molecular weight is 198 g/mol. The molecule has 3 heteroatoms. The summed E-state index contributed by atoms with van der Waals surface area (Å²) in [5.74, 6) is 0.843. The van der Waals surface area contributed by atoms with Crippen molar-refractivity contribution in [1.82, 2.24) is 10.2 Å². The van der Waals surface area contributed by atoms with E-state index in [2.05, 4.69) is 19.2 Å². The van der Waals surface area contributed by atoms with Gasteiger partial charge in [-0.2, -0.15) is 0 Å². The van der Waals surface area contributed by atoms with Crippen LogP contribution in [0.2, 0.25) is 0 Å². The Labute approximate surface area is 86.9 Å². The molecule has 0 aromatic rings. The number of nitrogens with zero attached hydrogens (tertiary/aromatic N) is 1. The predicted octanol–water partition coefficient (Wildman–Crippen LogP) is 1.24. The monoisotopic (exact) mass is 198 g/mol. The van der Waals surface area contributed by atoms with E-state index in [0.29, 0.717) is 17.9 Å². The predicted molar refractivity (Wildman–Crippen MR) is 58.1 cm³/mol. The molecule has 0 aromatic heterocycles. The molecule has 2 unspecified atom stereocenters. The molecule has 0 saturated carbocycles. The molecule has 0 radical (unpaired) electrons. The third kappa shape index (κ3) is 2.47. The van der Waals surface area contributed by atoms with E-state index in [9.17, 15) is 4.79 Å². The van der Waals surface area contributed by atoms with Gasteiger partial charge in [-0.25, -0.2) is 0 Å². The van der Waals surface area contributed by atoms with Gasteiger partial charge in [0.15, 0.2) is 0 Å². The number of rotatable bonds is 5. The number of carbonyl (C=O) groups is 1. The van der Waals surface area contributed by atoms with Crippen LogP contribution < -0.4 is 5.32 Å². The van der Waals surface area contributed by atoms with Gasteiger partial charge in [-0.1, -0.05) is 13.3 Å². The summed E-state index contributed by atoms with van der Waals surface area (Å²) >= 11 is 0. The Morgan fingerprint density at radius 3 is 2.86 bits per heavy atom. The quantitative estimate of drug-likeness (QED) is 0.721. The van der Waals surface area contributed by atoms with Crippen molar-refractivity contribution < 1.29 is 4.79 Å². The SMILES string of the molecule is CCCCN1C(=O)CC(CNC)C1C. The number of nitrogens with one attached hydrogen (secondary N) is 1. The van der Waals surface area contributed by atoms with Gasteiger partial charge >= 0.3 is 0 Å². The van der Waals surface area contributed by atoms with Gasteiger partial charge in [-0.3, -0.25) is 4.79 Å². The van der Waals surface area contributed by atoms with E-state index in [-0.39, 0.29) is 0 Å². The van der Waals surface area contributed by atoms with Crippen LogP contribution in [0.5, 0.6) is 0 Å². The lowest BCUT2D eigenvalue weighted by atomic mass is 10.0. The second-order valence-corrected chi connectivity index (χ2v) is 4.20. The average Bonchev–Trinajstić information content (AvgIpc) is 2.41. The molecule has 1 heterocycles. The minimum Gasteiger partial charge on any atom is -0.340 e. The molecule has 1 aliphatic rings. The third-order valence-corrected chi connectivity index (χ3v) is 3.15. The maximum atomic E-state index is 11.7. The number of carbonyl (C=O) groups excluding carboxylic acids is 1. The fraction of sp³-hybridized carbons (Fsp3) is 0.909. The van der Waals surface area contributed by atoms with Crippen LogP contribution >= 0.6 is 0 Å². The van der Waals surface area contributed by atoms with E-state index < -0.39 is 0 Å².